The van der Waals surface area contributed by atoms with Crippen LogP contribution in [0.1, 0.15) is 0 Å². The lowest BCUT2D eigenvalue weighted by molar-refractivity contribution is 0.940. The number of anilines is 2. The molecule has 6 heteroatoms. The van der Waals surface area contributed by atoms with Gasteiger partial charge in [0.05, 0.1) is 12.4 Å². The maximum absolute atomic E-state index is 4.05. The average molecular weight is 240 g/mol. The first-order valence-corrected chi connectivity index (χ1v) is 5.34. The van der Waals surface area contributed by atoms with Crippen LogP contribution in [0.25, 0.3) is 0 Å². The van der Waals surface area contributed by atoms with Crippen molar-refractivity contribution in [2.45, 2.75) is 0 Å². The Kier molecular flexibility index (Phi) is 4.39. The lowest BCUT2D eigenvalue weighted by atomic mass is 10.3. The predicted octanol–water partition coefficient (Wildman–Crippen LogP) is 2.02. The molecule has 0 fully saturated rings. The third-order valence-corrected chi connectivity index (χ3v) is 1.93. The molecule has 0 aliphatic heterocycles. The highest BCUT2D eigenvalue weighted by Gasteiger charge is 1.92. The van der Waals surface area contributed by atoms with E-state index in [9.17, 15) is 0 Å². The number of hydrogen-bond donors (Lipinski definition) is 2. The Balaban J connectivity index is 0.000000202. The fraction of sp³-hybridized carbons (Fsp3) is 0. The van der Waals surface area contributed by atoms with Gasteiger partial charge < -0.3 is 5.32 Å². The van der Waals surface area contributed by atoms with Gasteiger partial charge in [0.2, 0.25) is 5.95 Å². The monoisotopic (exact) mass is 240 g/mol. The summed E-state index contributed by atoms with van der Waals surface area (Å²) in [5.74, 6) is 0.619. The molecule has 0 spiro atoms. The molecule has 0 aliphatic carbocycles. The summed E-state index contributed by atoms with van der Waals surface area (Å²) in [4.78, 5) is 8.10. The zero-order chi connectivity index (χ0) is 12.5. The number of nitrogens with zero attached hydrogens (tertiary/aromatic N) is 4. The van der Waals surface area contributed by atoms with E-state index < -0.39 is 0 Å². The molecule has 3 rings (SSSR count). The quantitative estimate of drug-likeness (QED) is 0.716. The summed E-state index contributed by atoms with van der Waals surface area (Å²) in [6, 6.07) is 11.6. The van der Waals surface area contributed by atoms with Crippen LogP contribution in [0.4, 0.5) is 11.6 Å². The van der Waals surface area contributed by atoms with Crippen LogP contribution >= 0.6 is 0 Å². The van der Waals surface area contributed by atoms with Crippen LogP contribution in [0, 0.1) is 0 Å². The molecule has 90 valence electrons. The summed E-state index contributed by atoms with van der Waals surface area (Å²) >= 11 is 0. The molecule has 0 radical (unpaired) electrons. The highest BCUT2D eigenvalue weighted by Crippen LogP contribution is 2.09. The van der Waals surface area contributed by atoms with Crippen molar-refractivity contribution >= 4 is 11.6 Å². The molecule has 0 aliphatic rings. The summed E-state index contributed by atoms with van der Waals surface area (Å²) in [5.41, 5.74) is 0.994. The van der Waals surface area contributed by atoms with E-state index in [4.69, 9.17) is 0 Å². The molecule has 18 heavy (non-hydrogen) atoms. The summed E-state index contributed by atoms with van der Waals surface area (Å²) in [5, 5.41) is 12.4. The molecule has 2 heterocycles. The Morgan fingerprint density at radius 2 is 1.44 bits per heavy atom. The number of rotatable bonds is 2. The Morgan fingerprint density at radius 1 is 0.778 bits per heavy atom. The lowest BCUT2D eigenvalue weighted by Gasteiger charge is -2.02. The zero-order valence-corrected chi connectivity index (χ0v) is 9.56. The normalized spacial score (nSPS) is 9.11. The van der Waals surface area contributed by atoms with Crippen LogP contribution in [0.2, 0.25) is 0 Å². The van der Waals surface area contributed by atoms with Crippen molar-refractivity contribution in [1.82, 2.24) is 25.4 Å². The number of aromatic amines is 1. The molecule has 2 aromatic heterocycles. The maximum Gasteiger partial charge on any atom is 0.227 e. The smallest absolute Gasteiger partial charge is 0.227 e. The molecule has 0 amide bonds. The molecule has 6 nitrogen and oxygen atoms in total. The van der Waals surface area contributed by atoms with Crippen LogP contribution in [-0.4, -0.2) is 25.4 Å². The van der Waals surface area contributed by atoms with Gasteiger partial charge in [-0.1, -0.05) is 18.2 Å². The Hall–Kier alpha value is -2.76. The molecule has 0 saturated carbocycles. The summed E-state index contributed by atoms with van der Waals surface area (Å²) < 4.78 is 0. The number of para-hydroxylation sites is 1. The second-order valence-corrected chi connectivity index (χ2v) is 3.22. The fourth-order valence-electron chi connectivity index (χ4n) is 1.18. The third-order valence-electron chi connectivity index (χ3n) is 1.93. The predicted molar refractivity (Wildman–Crippen MR) is 68.1 cm³/mol. The molecular formula is C12H12N6. The summed E-state index contributed by atoms with van der Waals surface area (Å²) in [7, 11) is 0. The van der Waals surface area contributed by atoms with Crippen LogP contribution in [0.15, 0.2) is 61.2 Å². The van der Waals surface area contributed by atoms with Gasteiger partial charge in [0, 0.05) is 18.1 Å². The van der Waals surface area contributed by atoms with Gasteiger partial charge in [-0.25, -0.2) is 9.97 Å². The van der Waals surface area contributed by atoms with Crippen molar-refractivity contribution in [3.63, 3.8) is 0 Å². The van der Waals surface area contributed by atoms with Gasteiger partial charge in [-0.3, -0.25) is 0 Å². The minimum absolute atomic E-state index is 0.619. The van der Waals surface area contributed by atoms with Gasteiger partial charge in [0.15, 0.2) is 0 Å². The standard InChI is InChI=1S/C10H9N3.C2H3N3/c1-2-5-9(6-3-1)13-10-11-7-4-8-12-10;1-2-4-5-3-1/h1-8H,(H,11,12,13);1-2H,(H,3,4,5). The van der Waals surface area contributed by atoms with Crippen molar-refractivity contribution < 1.29 is 0 Å². The Morgan fingerprint density at radius 3 is 2.00 bits per heavy atom. The van der Waals surface area contributed by atoms with Crippen molar-refractivity contribution in [3.8, 4) is 0 Å². The van der Waals surface area contributed by atoms with Gasteiger partial charge in [-0.05, 0) is 18.2 Å². The van der Waals surface area contributed by atoms with Gasteiger partial charge in [0.25, 0.3) is 0 Å². The highest BCUT2D eigenvalue weighted by molar-refractivity contribution is 5.52. The Labute approximate surface area is 104 Å². The number of aromatic nitrogens is 5. The van der Waals surface area contributed by atoms with Crippen LogP contribution < -0.4 is 5.32 Å². The average Bonchev–Trinajstić information content (AvgIpc) is 3.00. The van der Waals surface area contributed by atoms with E-state index in [-0.39, 0.29) is 0 Å². The first-order chi connectivity index (χ1) is 8.95. The van der Waals surface area contributed by atoms with Gasteiger partial charge >= 0.3 is 0 Å². The molecule has 0 atom stereocenters. The fourth-order valence-corrected chi connectivity index (χ4v) is 1.18. The molecule has 0 bridgehead atoms. The SMILES string of the molecule is c1ccc(Nc2ncccn2)cc1.c1cn[nH]n1. The number of hydrogen-bond acceptors (Lipinski definition) is 5. The minimum atomic E-state index is 0.619. The van der Waals surface area contributed by atoms with Gasteiger partial charge in [0.1, 0.15) is 0 Å². The van der Waals surface area contributed by atoms with Crippen molar-refractivity contribution in [3.05, 3.63) is 61.2 Å². The number of benzene rings is 1. The first kappa shape index (κ1) is 11.7. The number of H-pyrrole nitrogens is 1. The van der Waals surface area contributed by atoms with E-state index in [1.54, 1.807) is 30.9 Å². The van der Waals surface area contributed by atoms with Crippen LogP contribution in [-0.2, 0) is 0 Å². The van der Waals surface area contributed by atoms with Crippen molar-refractivity contribution in [2.75, 3.05) is 5.32 Å². The van der Waals surface area contributed by atoms with Crippen LogP contribution in [0.5, 0.6) is 0 Å². The zero-order valence-electron chi connectivity index (χ0n) is 9.56. The van der Waals surface area contributed by atoms with Crippen molar-refractivity contribution in [2.24, 2.45) is 0 Å². The van der Waals surface area contributed by atoms with E-state index in [0.717, 1.165) is 5.69 Å². The highest BCUT2D eigenvalue weighted by atomic mass is 15.3. The largest absolute Gasteiger partial charge is 0.324 e. The van der Waals surface area contributed by atoms with E-state index in [0.29, 0.717) is 5.95 Å². The van der Waals surface area contributed by atoms with E-state index >= 15 is 0 Å². The summed E-state index contributed by atoms with van der Waals surface area (Å²) in [6.07, 6.45) is 6.58. The van der Waals surface area contributed by atoms with Crippen LogP contribution in [0.3, 0.4) is 0 Å². The van der Waals surface area contributed by atoms with E-state index in [1.807, 2.05) is 30.3 Å². The van der Waals surface area contributed by atoms with Gasteiger partial charge in [-0.15, -0.1) is 0 Å². The minimum Gasteiger partial charge on any atom is -0.324 e. The van der Waals surface area contributed by atoms with E-state index in [2.05, 4.69) is 30.7 Å². The van der Waals surface area contributed by atoms with Crippen molar-refractivity contribution in [1.29, 1.82) is 0 Å². The second-order valence-electron chi connectivity index (χ2n) is 3.22. The third kappa shape index (κ3) is 4.01. The van der Waals surface area contributed by atoms with E-state index in [1.165, 1.54) is 0 Å². The second kappa shape index (κ2) is 6.74. The molecule has 2 N–H and O–H groups in total. The maximum atomic E-state index is 4.05. The molecule has 0 saturated heterocycles. The first-order valence-electron chi connectivity index (χ1n) is 5.34. The topological polar surface area (TPSA) is 79.4 Å². The molecule has 1 aromatic carbocycles. The number of nitrogens with one attached hydrogen (secondary N) is 2. The molecule has 3 aromatic rings. The Bertz CT molecular complexity index is 468. The summed E-state index contributed by atoms with van der Waals surface area (Å²) in [6.45, 7) is 0. The lowest BCUT2D eigenvalue weighted by Crippen LogP contribution is -1.94. The molecular weight excluding hydrogens is 228 g/mol. The molecule has 0 unspecified atom stereocenters. The van der Waals surface area contributed by atoms with Gasteiger partial charge in [-0.2, -0.15) is 15.4 Å².